The van der Waals surface area contributed by atoms with Gasteiger partial charge in [0, 0.05) is 48.5 Å². The van der Waals surface area contributed by atoms with Crippen LogP contribution < -0.4 is 9.47 Å². The Bertz CT molecular complexity index is 1300. The zero-order valence-corrected chi connectivity index (χ0v) is 25.1. The lowest BCUT2D eigenvalue weighted by Crippen LogP contribution is -2.62. The van der Waals surface area contributed by atoms with Crippen molar-refractivity contribution in [3.63, 3.8) is 0 Å². The maximum atomic E-state index is 13.9. The van der Waals surface area contributed by atoms with E-state index in [0.29, 0.717) is 42.8 Å². The molecule has 2 bridgehead atoms. The molecule has 1 aromatic carbocycles. The number of carbonyl (C=O) groups is 2. The lowest BCUT2D eigenvalue weighted by Gasteiger charge is -2.59. The SMILES string of the molecule is CC1=CC(C)=C(CN2CCc3c(Br)c4c(c(C)c3C2=O)OC(C)(C23CCC(N(C)C)(CC2)CC3)O4)C(=O)C1. The topological polar surface area (TPSA) is 59.1 Å². The molecule has 38 heavy (non-hydrogen) atoms. The van der Waals surface area contributed by atoms with Gasteiger partial charge >= 0.3 is 0 Å². The molecular formula is C31H39BrN2O4. The number of hydrogen-bond acceptors (Lipinski definition) is 5. The van der Waals surface area contributed by atoms with E-state index in [2.05, 4.69) is 47.9 Å². The standard InChI is InChI=1S/C31H39BrN2O4/c1-18-15-19(2)22(23(35)16-18)17-34-14-7-21-24(28(34)36)20(3)26-27(25(21)32)38-29(4,37-26)30-8-11-31(12-9-30,13-10-30)33(5)6/h15H,7-14,16-17H2,1-6H3. The Hall–Kier alpha value is -2.12. The third-order valence-electron chi connectivity index (χ3n) is 10.6. The molecule has 0 saturated heterocycles. The van der Waals surface area contributed by atoms with Crippen molar-refractivity contribution in [3.05, 3.63) is 44.0 Å². The first-order chi connectivity index (χ1) is 17.9. The van der Waals surface area contributed by atoms with Crippen LogP contribution in [0, 0.1) is 12.3 Å². The van der Waals surface area contributed by atoms with Crippen LogP contribution in [0.5, 0.6) is 11.5 Å². The first-order valence-electron chi connectivity index (χ1n) is 14.0. The van der Waals surface area contributed by atoms with Crippen molar-refractivity contribution >= 4 is 27.6 Å². The molecule has 0 spiro atoms. The third-order valence-corrected chi connectivity index (χ3v) is 11.4. The molecule has 3 saturated carbocycles. The van der Waals surface area contributed by atoms with E-state index in [4.69, 9.17) is 9.47 Å². The number of halogens is 1. The summed E-state index contributed by atoms with van der Waals surface area (Å²) < 4.78 is 14.4. The summed E-state index contributed by atoms with van der Waals surface area (Å²) in [5.41, 5.74) is 5.58. The van der Waals surface area contributed by atoms with E-state index >= 15 is 0 Å². The Balaban J connectivity index is 1.31. The molecule has 6 nitrogen and oxygen atoms in total. The molecule has 1 atom stereocenters. The normalized spacial score (nSPS) is 32.3. The number of benzene rings is 1. The van der Waals surface area contributed by atoms with Crippen LogP contribution in [-0.2, 0) is 11.2 Å². The zero-order valence-electron chi connectivity index (χ0n) is 23.6. The van der Waals surface area contributed by atoms with E-state index in [1.165, 1.54) is 0 Å². The second-order valence-electron chi connectivity index (χ2n) is 12.7. The third kappa shape index (κ3) is 3.60. The molecule has 204 valence electrons. The number of fused-ring (bicyclic) bond motifs is 5. The number of allylic oxidation sites excluding steroid dienone is 3. The predicted molar refractivity (Wildman–Crippen MR) is 151 cm³/mol. The van der Waals surface area contributed by atoms with Crippen LogP contribution >= 0.6 is 15.9 Å². The fourth-order valence-electron chi connectivity index (χ4n) is 7.89. The van der Waals surface area contributed by atoms with Crippen molar-refractivity contribution in [2.45, 2.75) is 90.4 Å². The molecule has 0 aromatic heterocycles. The first-order valence-corrected chi connectivity index (χ1v) is 14.8. The Morgan fingerprint density at radius 2 is 1.63 bits per heavy atom. The van der Waals surface area contributed by atoms with Crippen LogP contribution in [0.3, 0.4) is 0 Å². The number of Topliss-reactive ketones (excluding diaryl/α,β-unsaturated/α-hetero) is 1. The van der Waals surface area contributed by atoms with E-state index in [0.717, 1.165) is 76.6 Å². The molecule has 1 unspecified atom stereocenters. The van der Waals surface area contributed by atoms with Crippen molar-refractivity contribution in [2.75, 3.05) is 27.2 Å². The van der Waals surface area contributed by atoms with Gasteiger partial charge in [-0.2, -0.15) is 0 Å². The molecule has 7 rings (SSSR count). The lowest BCUT2D eigenvalue weighted by molar-refractivity contribution is -0.212. The first kappa shape index (κ1) is 26.1. The van der Waals surface area contributed by atoms with Gasteiger partial charge in [0.15, 0.2) is 17.3 Å². The maximum Gasteiger partial charge on any atom is 0.254 e. The molecule has 1 aromatic rings. The van der Waals surface area contributed by atoms with Crippen LogP contribution in [0.25, 0.3) is 0 Å². The van der Waals surface area contributed by atoms with Gasteiger partial charge in [-0.25, -0.2) is 0 Å². The number of amides is 1. The summed E-state index contributed by atoms with van der Waals surface area (Å²) in [6, 6.07) is 0. The Morgan fingerprint density at radius 3 is 2.24 bits per heavy atom. The molecule has 4 aliphatic carbocycles. The molecular weight excluding hydrogens is 544 g/mol. The predicted octanol–water partition coefficient (Wildman–Crippen LogP) is 6.13. The van der Waals surface area contributed by atoms with Crippen molar-refractivity contribution in [1.82, 2.24) is 9.80 Å². The molecule has 1 amide bonds. The summed E-state index contributed by atoms with van der Waals surface area (Å²) in [4.78, 5) is 30.9. The highest BCUT2D eigenvalue weighted by atomic mass is 79.9. The van der Waals surface area contributed by atoms with Gasteiger partial charge in [-0.05, 0) is 107 Å². The number of ether oxygens (including phenoxy) is 2. The Labute approximate surface area is 234 Å². The quantitative estimate of drug-likeness (QED) is 0.427. The fraction of sp³-hybridized carbons (Fsp3) is 0.613. The number of carbonyl (C=O) groups excluding carboxylic acids is 2. The number of rotatable bonds is 4. The summed E-state index contributed by atoms with van der Waals surface area (Å²) >= 11 is 3.82. The van der Waals surface area contributed by atoms with Crippen LogP contribution in [0.1, 0.15) is 87.2 Å². The van der Waals surface area contributed by atoms with Crippen LogP contribution in [0.15, 0.2) is 27.3 Å². The van der Waals surface area contributed by atoms with Crippen LogP contribution in [-0.4, -0.2) is 60.0 Å². The second kappa shape index (κ2) is 8.69. The molecule has 7 heteroatoms. The largest absolute Gasteiger partial charge is 0.448 e. The molecule has 6 aliphatic rings. The Morgan fingerprint density at radius 1 is 1.00 bits per heavy atom. The van der Waals surface area contributed by atoms with Gasteiger partial charge < -0.3 is 19.3 Å². The van der Waals surface area contributed by atoms with Crippen LogP contribution in [0.4, 0.5) is 0 Å². The van der Waals surface area contributed by atoms with E-state index in [-0.39, 0.29) is 17.1 Å². The summed E-state index contributed by atoms with van der Waals surface area (Å²) in [7, 11) is 4.42. The van der Waals surface area contributed by atoms with Gasteiger partial charge in [0.1, 0.15) is 0 Å². The smallest absolute Gasteiger partial charge is 0.254 e. The maximum absolute atomic E-state index is 13.9. The van der Waals surface area contributed by atoms with Gasteiger partial charge in [0.2, 0.25) is 0 Å². The molecule has 0 radical (unpaired) electrons. The summed E-state index contributed by atoms with van der Waals surface area (Å²) in [5.74, 6) is 0.775. The van der Waals surface area contributed by atoms with Gasteiger partial charge in [-0.15, -0.1) is 0 Å². The minimum absolute atomic E-state index is 0.0342. The van der Waals surface area contributed by atoms with Crippen molar-refractivity contribution in [1.29, 1.82) is 0 Å². The van der Waals surface area contributed by atoms with Gasteiger partial charge in [-0.1, -0.05) is 11.6 Å². The lowest BCUT2D eigenvalue weighted by atomic mass is 9.54. The minimum atomic E-state index is -0.755. The minimum Gasteiger partial charge on any atom is -0.448 e. The summed E-state index contributed by atoms with van der Waals surface area (Å²) in [6.45, 7) is 8.98. The molecule has 3 fully saturated rings. The number of ketones is 1. The average molecular weight is 584 g/mol. The second-order valence-corrected chi connectivity index (χ2v) is 13.5. The highest BCUT2D eigenvalue weighted by molar-refractivity contribution is 9.10. The van der Waals surface area contributed by atoms with E-state index < -0.39 is 5.79 Å². The number of nitrogens with zero attached hydrogens (tertiary/aromatic N) is 2. The molecule has 0 N–H and O–H groups in total. The highest BCUT2D eigenvalue weighted by Crippen LogP contribution is 2.63. The zero-order chi connectivity index (χ0) is 27.2. The van der Waals surface area contributed by atoms with E-state index in [1.54, 1.807) is 0 Å². The average Bonchev–Trinajstić information content (AvgIpc) is 3.26. The summed E-state index contributed by atoms with van der Waals surface area (Å²) in [5, 5.41) is 0. The summed E-state index contributed by atoms with van der Waals surface area (Å²) in [6.07, 6.45) is 9.92. The van der Waals surface area contributed by atoms with Crippen molar-refractivity contribution < 1.29 is 19.1 Å². The molecule has 2 heterocycles. The van der Waals surface area contributed by atoms with Gasteiger partial charge in [0.25, 0.3) is 11.7 Å². The van der Waals surface area contributed by atoms with Crippen molar-refractivity contribution in [3.8, 4) is 11.5 Å². The number of hydrogen-bond donors (Lipinski definition) is 0. The molecule has 2 aliphatic heterocycles. The van der Waals surface area contributed by atoms with Gasteiger partial charge in [0.05, 0.1) is 10.0 Å². The fourth-order valence-corrected chi connectivity index (χ4v) is 8.55. The van der Waals surface area contributed by atoms with E-state index in [1.807, 2.05) is 25.7 Å². The Kier molecular flexibility index (Phi) is 5.97. The van der Waals surface area contributed by atoms with Crippen molar-refractivity contribution in [2.24, 2.45) is 5.41 Å². The van der Waals surface area contributed by atoms with Crippen LogP contribution in [0.2, 0.25) is 0 Å². The highest BCUT2D eigenvalue weighted by Gasteiger charge is 2.62. The van der Waals surface area contributed by atoms with E-state index in [9.17, 15) is 9.59 Å². The van der Waals surface area contributed by atoms with Gasteiger partial charge in [-0.3, -0.25) is 9.59 Å². The monoisotopic (exact) mass is 582 g/mol.